The summed E-state index contributed by atoms with van der Waals surface area (Å²) >= 11 is 0. The summed E-state index contributed by atoms with van der Waals surface area (Å²) in [7, 11) is 0. The molecule has 1 saturated carbocycles. The van der Waals surface area contributed by atoms with Gasteiger partial charge in [-0.25, -0.2) is 14.4 Å². The fraction of sp³-hybridized carbons (Fsp3) is 0.136. The second-order valence-corrected chi connectivity index (χ2v) is 7.00. The maximum atomic E-state index is 13.0. The van der Waals surface area contributed by atoms with E-state index in [9.17, 15) is 9.18 Å². The summed E-state index contributed by atoms with van der Waals surface area (Å²) in [5.74, 6) is 0.523. The highest BCUT2D eigenvalue weighted by atomic mass is 19.1. The zero-order valence-corrected chi connectivity index (χ0v) is 14.9. The maximum Gasteiger partial charge on any atom is 0.228 e. The van der Waals surface area contributed by atoms with E-state index in [1.807, 2.05) is 41.0 Å². The average Bonchev–Trinajstić information content (AvgIpc) is 3.41. The number of carbonyl (C=O) groups excluding carboxylic acids is 1. The lowest BCUT2D eigenvalue weighted by Crippen LogP contribution is -2.14. The quantitative estimate of drug-likeness (QED) is 0.581. The molecule has 5 nitrogen and oxygen atoms in total. The van der Waals surface area contributed by atoms with Gasteiger partial charge in [0.1, 0.15) is 18.0 Å². The molecule has 1 N–H and O–H groups in total. The smallest absolute Gasteiger partial charge is 0.228 e. The van der Waals surface area contributed by atoms with E-state index in [-0.39, 0.29) is 23.6 Å². The predicted octanol–water partition coefficient (Wildman–Crippen LogP) is 4.30. The molecular formula is C22H17FN4O. The molecule has 0 radical (unpaired) electrons. The molecule has 0 bridgehead atoms. The van der Waals surface area contributed by atoms with Crippen LogP contribution in [0.15, 0.2) is 73.2 Å². The van der Waals surface area contributed by atoms with Crippen molar-refractivity contribution in [3.8, 4) is 5.82 Å². The number of benzene rings is 2. The second kappa shape index (κ2) is 6.56. The molecule has 2 heterocycles. The van der Waals surface area contributed by atoms with Crippen LogP contribution in [0.3, 0.4) is 0 Å². The standard InChI is InChI=1S/C22H17FN4O/c23-15-7-5-14(6-8-15)17-11-18(17)22(28)26-16-9-10-21(24-12-16)27-13-25-19-3-1-2-4-20(19)27/h1-10,12-13,17-18H,11H2,(H,26,28). The van der Waals surface area contributed by atoms with Gasteiger partial charge in [0.25, 0.3) is 0 Å². The number of hydrogen-bond donors (Lipinski definition) is 1. The van der Waals surface area contributed by atoms with Crippen LogP contribution in [0.1, 0.15) is 17.9 Å². The highest BCUT2D eigenvalue weighted by Crippen LogP contribution is 2.47. The number of nitrogens with zero attached hydrogens (tertiary/aromatic N) is 3. The third-order valence-electron chi connectivity index (χ3n) is 5.14. The molecule has 2 aromatic carbocycles. The van der Waals surface area contributed by atoms with Crippen LogP contribution in [0.2, 0.25) is 0 Å². The monoisotopic (exact) mass is 372 g/mol. The zero-order chi connectivity index (χ0) is 19.1. The first-order valence-corrected chi connectivity index (χ1v) is 9.14. The fourth-order valence-electron chi connectivity index (χ4n) is 3.54. The number of fused-ring (bicyclic) bond motifs is 1. The molecule has 0 spiro atoms. The molecule has 0 saturated heterocycles. The first kappa shape index (κ1) is 16.6. The van der Waals surface area contributed by atoms with E-state index in [1.54, 1.807) is 24.7 Å². The number of pyridine rings is 1. The average molecular weight is 372 g/mol. The lowest BCUT2D eigenvalue weighted by Gasteiger charge is -2.07. The van der Waals surface area contributed by atoms with E-state index in [1.165, 1.54) is 12.1 Å². The van der Waals surface area contributed by atoms with Gasteiger partial charge in [-0.1, -0.05) is 24.3 Å². The number of hydrogen-bond acceptors (Lipinski definition) is 3. The van der Waals surface area contributed by atoms with Crippen LogP contribution in [0.4, 0.5) is 10.1 Å². The van der Waals surface area contributed by atoms with E-state index in [4.69, 9.17) is 0 Å². The molecule has 0 aliphatic heterocycles. The third kappa shape index (κ3) is 3.03. The van der Waals surface area contributed by atoms with Crippen LogP contribution < -0.4 is 5.32 Å². The van der Waals surface area contributed by atoms with Gasteiger partial charge in [-0.15, -0.1) is 0 Å². The molecule has 5 rings (SSSR count). The van der Waals surface area contributed by atoms with Gasteiger partial charge in [-0.05, 0) is 54.3 Å². The number of carbonyl (C=O) groups is 1. The molecule has 2 atom stereocenters. The zero-order valence-electron chi connectivity index (χ0n) is 14.9. The summed E-state index contributed by atoms with van der Waals surface area (Å²) in [6.07, 6.45) is 4.17. The van der Waals surface area contributed by atoms with Crippen molar-refractivity contribution in [2.75, 3.05) is 5.32 Å². The Morgan fingerprint density at radius 1 is 1.04 bits per heavy atom. The Morgan fingerprint density at radius 2 is 1.86 bits per heavy atom. The van der Waals surface area contributed by atoms with Crippen molar-refractivity contribution in [2.24, 2.45) is 5.92 Å². The maximum absolute atomic E-state index is 13.0. The van der Waals surface area contributed by atoms with Crippen LogP contribution in [0.5, 0.6) is 0 Å². The summed E-state index contributed by atoms with van der Waals surface area (Å²) in [4.78, 5) is 21.3. The van der Waals surface area contributed by atoms with Crippen LogP contribution in [0, 0.1) is 11.7 Å². The van der Waals surface area contributed by atoms with Gasteiger partial charge in [-0.3, -0.25) is 9.36 Å². The molecule has 4 aromatic rings. The Bertz CT molecular complexity index is 1150. The van der Waals surface area contributed by atoms with Crippen molar-refractivity contribution >= 4 is 22.6 Å². The predicted molar refractivity (Wildman–Crippen MR) is 105 cm³/mol. The minimum absolute atomic E-state index is 0.0306. The van der Waals surface area contributed by atoms with E-state index in [0.717, 1.165) is 28.8 Å². The van der Waals surface area contributed by atoms with Crippen LogP contribution in [-0.2, 0) is 4.79 Å². The summed E-state index contributed by atoms with van der Waals surface area (Å²) in [5, 5.41) is 2.92. The molecule has 1 fully saturated rings. The molecule has 1 aliphatic carbocycles. The highest BCUT2D eigenvalue weighted by molar-refractivity contribution is 5.95. The fourth-order valence-corrected chi connectivity index (χ4v) is 3.54. The topological polar surface area (TPSA) is 59.8 Å². The molecular weight excluding hydrogens is 355 g/mol. The molecule has 6 heteroatoms. The van der Waals surface area contributed by atoms with Crippen molar-refractivity contribution < 1.29 is 9.18 Å². The summed E-state index contributed by atoms with van der Waals surface area (Å²) in [5.41, 5.74) is 3.54. The van der Waals surface area contributed by atoms with Gasteiger partial charge < -0.3 is 5.32 Å². The van der Waals surface area contributed by atoms with Gasteiger partial charge in [-0.2, -0.15) is 0 Å². The molecule has 28 heavy (non-hydrogen) atoms. The van der Waals surface area contributed by atoms with Crippen LogP contribution in [-0.4, -0.2) is 20.4 Å². The number of imidazole rings is 1. The Balaban J connectivity index is 1.28. The largest absolute Gasteiger partial charge is 0.324 e. The Hall–Kier alpha value is -3.54. The molecule has 2 unspecified atom stereocenters. The highest BCUT2D eigenvalue weighted by Gasteiger charge is 2.43. The summed E-state index contributed by atoms with van der Waals surface area (Å²) in [6, 6.07) is 17.9. The van der Waals surface area contributed by atoms with E-state index >= 15 is 0 Å². The Kier molecular flexibility index (Phi) is 3.90. The molecule has 1 amide bonds. The summed E-state index contributed by atoms with van der Waals surface area (Å²) < 4.78 is 15.0. The number of para-hydroxylation sites is 2. The van der Waals surface area contributed by atoms with Gasteiger partial charge >= 0.3 is 0 Å². The number of aromatic nitrogens is 3. The minimum atomic E-state index is -0.262. The van der Waals surface area contributed by atoms with Gasteiger partial charge in [0.15, 0.2) is 0 Å². The molecule has 138 valence electrons. The lowest BCUT2D eigenvalue weighted by molar-refractivity contribution is -0.117. The van der Waals surface area contributed by atoms with Crippen molar-refractivity contribution in [2.45, 2.75) is 12.3 Å². The van der Waals surface area contributed by atoms with Gasteiger partial charge in [0.05, 0.1) is 22.9 Å². The third-order valence-corrected chi connectivity index (χ3v) is 5.14. The first-order chi connectivity index (χ1) is 13.7. The van der Waals surface area contributed by atoms with E-state index in [0.29, 0.717) is 5.69 Å². The number of anilines is 1. The van der Waals surface area contributed by atoms with Gasteiger partial charge in [0, 0.05) is 5.92 Å². The number of amides is 1. The number of nitrogens with one attached hydrogen (secondary N) is 1. The first-order valence-electron chi connectivity index (χ1n) is 9.14. The van der Waals surface area contributed by atoms with Crippen LogP contribution in [0.25, 0.3) is 16.9 Å². The van der Waals surface area contributed by atoms with Crippen molar-refractivity contribution in [1.29, 1.82) is 0 Å². The minimum Gasteiger partial charge on any atom is -0.324 e. The van der Waals surface area contributed by atoms with Crippen LogP contribution >= 0.6 is 0 Å². The SMILES string of the molecule is O=C(Nc1ccc(-n2cnc3ccccc32)nc1)C1CC1c1ccc(F)cc1. The molecule has 2 aromatic heterocycles. The number of halogens is 1. The van der Waals surface area contributed by atoms with Crippen molar-refractivity contribution in [3.63, 3.8) is 0 Å². The molecule has 1 aliphatic rings. The Morgan fingerprint density at radius 3 is 2.64 bits per heavy atom. The van der Waals surface area contributed by atoms with E-state index in [2.05, 4.69) is 15.3 Å². The van der Waals surface area contributed by atoms with Gasteiger partial charge in [0.2, 0.25) is 5.91 Å². The van der Waals surface area contributed by atoms with Crippen molar-refractivity contribution in [1.82, 2.24) is 14.5 Å². The second-order valence-electron chi connectivity index (χ2n) is 7.00. The van der Waals surface area contributed by atoms with E-state index < -0.39 is 0 Å². The summed E-state index contributed by atoms with van der Waals surface area (Å²) in [6.45, 7) is 0. The normalized spacial score (nSPS) is 18.2. The lowest BCUT2D eigenvalue weighted by atomic mass is 10.1. The van der Waals surface area contributed by atoms with Crippen molar-refractivity contribution in [3.05, 3.63) is 84.6 Å². The number of rotatable bonds is 4. The Labute approximate surface area is 160 Å².